The fraction of sp³-hybridized carbons (Fsp3) is 0.579. The number of methoxy groups -OCH3 is 1. The van der Waals surface area contributed by atoms with Gasteiger partial charge < -0.3 is 9.53 Å². The van der Waals surface area contributed by atoms with Crippen LogP contribution in [0.3, 0.4) is 0 Å². The van der Waals surface area contributed by atoms with Crippen molar-refractivity contribution in [1.29, 1.82) is 0 Å². The predicted octanol–water partition coefficient (Wildman–Crippen LogP) is 5.29. The van der Waals surface area contributed by atoms with Crippen LogP contribution < -0.4 is 4.74 Å². The molecule has 24 heavy (non-hydrogen) atoms. The van der Waals surface area contributed by atoms with E-state index in [1.807, 2.05) is 6.07 Å². The molecule has 1 unspecified atom stereocenters. The number of rotatable bonds is 5. The summed E-state index contributed by atoms with van der Waals surface area (Å²) < 4.78 is 5.30. The van der Waals surface area contributed by atoms with E-state index in [4.69, 9.17) is 27.9 Å². The van der Waals surface area contributed by atoms with Crippen molar-refractivity contribution in [2.24, 2.45) is 11.3 Å². The minimum absolute atomic E-state index is 0.0696. The van der Waals surface area contributed by atoms with Crippen molar-refractivity contribution in [3.8, 4) is 5.75 Å². The summed E-state index contributed by atoms with van der Waals surface area (Å²) in [5.41, 5.74) is 0.934. The second-order valence-electron chi connectivity index (χ2n) is 7.09. The molecule has 0 aromatic heterocycles. The number of ether oxygens (including phenoxy) is 1. The Labute approximate surface area is 152 Å². The zero-order valence-electron chi connectivity index (χ0n) is 14.1. The zero-order chi connectivity index (χ0) is 17.5. The third kappa shape index (κ3) is 2.76. The van der Waals surface area contributed by atoms with E-state index in [-0.39, 0.29) is 11.6 Å². The quantitative estimate of drug-likeness (QED) is 0.709. The van der Waals surface area contributed by atoms with Crippen molar-refractivity contribution in [1.82, 2.24) is 0 Å². The SMILES string of the molecule is COc1cc2c(c(Cl)c1Cl)C(=O)C(CCC(C)=O)(C1CCCC1)C2. The Morgan fingerprint density at radius 1 is 1.29 bits per heavy atom. The molecule has 1 aromatic rings. The van der Waals surface area contributed by atoms with E-state index in [9.17, 15) is 9.59 Å². The van der Waals surface area contributed by atoms with Gasteiger partial charge in [0.05, 0.1) is 12.1 Å². The summed E-state index contributed by atoms with van der Waals surface area (Å²) in [6.45, 7) is 1.59. The van der Waals surface area contributed by atoms with Crippen molar-refractivity contribution in [2.75, 3.05) is 7.11 Å². The molecule has 1 fully saturated rings. The van der Waals surface area contributed by atoms with Crippen molar-refractivity contribution in [3.05, 3.63) is 27.2 Å². The number of fused-ring (bicyclic) bond motifs is 1. The Morgan fingerprint density at radius 3 is 2.54 bits per heavy atom. The second kappa shape index (κ2) is 6.68. The third-order valence-electron chi connectivity index (χ3n) is 5.72. The summed E-state index contributed by atoms with van der Waals surface area (Å²) >= 11 is 12.7. The average molecular weight is 369 g/mol. The highest BCUT2D eigenvalue weighted by Crippen LogP contribution is 2.54. The van der Waals surface area contributed by atoms with Gasteiger partial charge in [-0.15, -0.1) is 0 Å². The highest BCUT2D eigenvalue weighted by atomic mass is 35.5. The third-order valence-corrected chi connectivity index (χ3v) is 6.57. The van der Waals surface area contributed by atoms with Gasteiger partial charge in [0.2, 0.25) is 0 Å². The number of hydrogen-bond donors (Lipinski definition) is 0. The maximum absolute atomic E-state index is 13.4. The molecule has 0 radical (unpaired) electrons. The van der Waals surface area contributed by atoms with Crippen LogP contribution in [0.15, 0.2) is 6.07 Å². The van der Waals surface area contributed by atoms with Crippen molar-refractivity contribution in [3.63, 3.8) is 0 Å². The van der Waals surface area contributed by atoms with Gasteiger partial charge in [0.1, 0.15) is 16.6 Å². The first kappa shape index (κ1) is 17.8. The smallest absolute Gasteiger partial charge is 0.171 e. The Hall–Kier alpha value is -1.06. The number of benzene rings is 1. The molecule has 3 nitrogen and oxygen atoms in total. The van der Waals surface area contributed by atoms with Gasteiger partial charge in [-0.1, -0.05) is 36.0 Å². The maximum atomic E-state index is 13.4. The molecule has 3 rings (SSSR count). The monoisotopic (exact) mass is 368 g/mol. The summed E-state index contributed by atoms with van der Waals surface area (Å²) in [5, 5.41) is 0.582. The molecule has 0 heterocycles. The number of carbonyl (C=O) groups excluding carboxylic acids is 2. The topological polar surface area (TPSA) is 43.4 Å². The molecule has 0 bridgehead atoms. The average Bonchev–Trinajstić information content (AvgIpc) is 3.16. The van der Waals surface area contributed by atoms with E-state index in [0.29, 0.717) is 46.5 Å². The molecular weight excluding hydrogens is 347 g/mol. The molecule has 130 valence electrons. The molecule has 0 saturated heterocycles. The lowest BCUT2D eigenvalue weighted by Gasteiger charge is -2.33. The van der Waals surface area contributed by atoms with E-state index in [1.54, 1.807) is 14.0 Å². The molecule has 0 spiro atoms. The van der Waals surface area contributed by atoms with Crippen LogP contribution in [0, 0.1) is 11.3 Å². The van der Waals surface area contributed by atoms with E-state index < -0.39 is 5.41 Å². The molecule has 5 heteroatoms. The molecule has 0 aliphatic heterocycles. The highest BCUT2D eigenvalue weighted by Gasteiger charge is 2.52. The molecular formula is C19H22Cl2O3. The summed E-state index contributed by atoms with van der Waals surface area (Å²) in [6.07, 6.45) is 6.03. The maximum Gasteiger partial charge on any atom is 0.171 e. The van der Waals surface area contributed by atoms with Gasteiger partial charge in [-0.25, -0.2) is 0 Å². The number of hydrogen-bond acceptors (Lipinski definition) is 3. The van der Waals surface area contributed by atoms with Gasteiger partial charge in [0, 0.05) is 17.4 Å². The van der Waals surface area contributed by atoms with Crippen LogP contribution in [0.25, 0.3) is 0 Å². The van der Waals surface area contributed by atoms with Gasteiger partial charge in [-0.3, -0.25) is 4.79 Å². The molecule has 2 aliphatic carbocycles. The van der Waals surface area contributed by atoms with Crippen LogP contribution in [0.2, 0.25) is 10.0 Å². The van der Waals surface area contributed by atoms with E-state index in [1.165, 1.54) is 0 Å². The van der Waals surface area contributed by atoms with Gasteiger partial charge in [-0.2, -0.15) is 0 Å². The van der Waals surface area contributed by atoms with Gasteiger partial charge >= 0.3 is 0 Å². The van der Waals surface area contributed by atoms with Crippen LogP contribution >= 0.6 is 23.2 Å². The van der Waals surface area contributed by atoms with Crippen LogP contribution in [0.5, 0.6) is 5.75 Å². The van der Waals surface area contributed by atoms with Crippen LogP contribution in [0.4, 0.5) is 0 Å². The van der Waals surface area contributed by atoms with E-state index in [0.717, 1.165) is 31.2 Å². The van der Waals surface area contributed by atoms with E-state index >= 15 is 0 Å². The first-order valence-electron chi connectivity index (χ1n) is 8.50. The number of ketones is 2. The van der Waals surface area contributed by atoms with Gasteiger partial charge in [-0.05, 0) is 50.2 Å². The lowest BCUT2D eigenvalue weighted by Crippen LogP contribution is -2.36. The summed E-state index contributed by atoms with van der Waals surface area (Å²) in [5.74, 6) is 1.01. The fourth-order valence-corrected chi connectivity index (χ4v) is 4.99. The van der Waals surface area contributed by atoms with Crippen LogP contribution in [-0.2, 0) is 11.2 Å². The fourth-order valence-electron chi connectivity index (χ4n) is 4.47. The molecule has 1 atom stereocenters. The Morgan fingerprint density at radius 2 is 1.96 bits per heavy atom. The number of Topliss-reactive ketones (excluding diaryl/α,β-unsaturated/α-hetero) is 2. The molecule has 1 saturated carbocycles. The first-order chi connectivity index (χ1) is 11.4. The number of halogens is 2. The van der Waals surface area contributed by atoms with Crippen molar-refractivity contribution in [2.45, 2.75) is 51.9 Å². The highest BCUT2D eigenvalue weighted by molar-refractivity contribution is 6.45. The first-order valence-corrected chi connectivity index (χ1v) is 9.25. The largest absolute Gasteiger partial charge is 0.495 e. The summed E-state index contributed by atoms with van der Waals surface area (Å²) in [7, 11) is 1.54. The lowest BCUT2D eigenvalue weighted by atomic mass is 9.68. The Kier molecular flexibility index (Phi) is 4.94. The summed E-state index contributed by atoms with van der Waals surface area (Å²) in [4.78, 5) is 25.0. The predicted molar refractivity (Wildman–Crippen MR) is 95.4 cm³/mol. The van der Waals surface area contributed by atoms with Gasteiger partial charge in [0.25, 0.3) is 0 Å². The molecule has 0 amide bonds. The van der Waals surface area contributed by atoms with Crippen LogP contribution in [-0.4, -0.2) is 18.7 Å². The van der Waals surface area contributed by atoms with Crippen molar-refractivity contribution >= 4 is 34.8 Å². The minimum Gasteiger partial charge on any atom is -0.495 e. The lowest BCUT2D eigenvalue weighted by molar-refractivity contribution is -0.117. The van der Waals surface area contributed by atoms with Crippen LogP contribution in [0.1, 0.15) is 61.4 Å². The Balaban J connectivity index is 2.07. The Bertz CT molecular complexity index is 692. The standard InChI is InChI=1S/C19H22Cl2O3/c1-11(22)7-8-19(13-5-3-4-6-13)10-12-9-14(24-2)16(20)17(21)15(12)18(19)23/h9,13H,3-8,10H2,1-2H3. The second-order valence-corrected chi connectivity index (χ2v) is 7.84. The summed E-state index contributed by atoms with van der Waals surface area (Å²) in [6, 6.07) is 1.84. The molecule has 0 N–H and O–H groups in total. The minimum atomic E-state index is -0.510. The molecule has 1 aromatic carbocycles. The number of carbonyl (C=O) groups is 2. The normalized spacial score (nSPS) is 23.6. The van der Waals surface area contributed by atoms with E-state index in [2.05, 4.69) is 0 Å². The molecule has 2 aliphatic rings. The zero-order valence-corrected chi connectivity index (χ0v) is 15.6. The van der Waals surface area contributed by atoms with Gasteiger partial charge in [0.15, 0.2) is 5.78 Å². The van der Waals surface area contributed by atoms with Crippen molar-refractivity contribution < 1.29 is 14.3 Å².